The molecule has 0 radical (unpaired) electrons. The van der Waals surface area contributed by atoms with Crippen LogP contribution in [-0.4, -0.2) is 55.1 Å². The summed E-state index contributed by atoms with van der Waals surface area (Å²) in [4.78, 5) is 17.0. The number of ether oxygens (including phenoxy) is 1. The van der Waals surface area contributed by atoms with Crippen molar-refractivity contribution in [3.63, 3.8) is 0 Å². The number of carbonyl (C=O) groups is 1. The summed E-state index contributed by atoms with van der Waals surface area (Å²) < 4.78 is 5.33. The second-order valence-corrected chi connectivity index (χ2v) is 6.85. The molecule has 23 heavy (non-hydrogen) atoms. The number of nitrogens with zero attached hydrogens (tertiary/aromatic N) is 2. The van der Waals surface area contributed by atoms with E-state index in [9.17, 15) is 4.79 Å². The molecular formula is C18H25ClN2O2. The molecule has 2 fully saturated rings. The number of rotatable bonds is 3. The third kappa shape index (κ3) is 3.87. The standard InChI is InChI=1S/C18H25ClN2O2/c1-14(16-4-2-3-5-17(16)19)20-8-6-15(7-9-20)18(22)21-10-12-23-13-11-21/h2-5,14-15H,6-13H2,1H3. The Morgan fingerprint density at radius 1 is 1.17 bits per heavy atom. The molecule has 1 aromatic rings. The van der Waals surface area contributed by atoms with Crippen molar-refractivity contribution in [3.05, 3.63) is 34.9 Å². The summed E-state index contributed by atoms with van der Waals surface area (Å²) in [5, 5.41) is 0.825. The van der Waals surface area contributed by atoms with E-state index in [1.165, 1.54) is 5.56 Å². The van der Waals surface area contributed by atoms with E-state index in [0.717, 1.165) is 44.0 Å². The first kappa shape index (κ1) is 16.7. The lowest BCUT2D eigenvalue weighted by atomic mass is 9.93. The van der Waals surface area contributed by atoms with Crippen LogP contribution >= 0.6 is 11.6 Å². The summed E-state index contributed by atoms with van der Waals surface area (Å²) in [5.74, 6) is 0.487. The van der Waals surface area contributed by atoms with Gasteiger partial charge in [0, 0.05) is 30.1 Å². The molecule has 1 amide bonds. The summed E-state index contributed by atoms with van der Waals surface area (Å²) in [6, 6.07) is 8.33. The van der Waals surface area contributed by atoms with Crippen molar-refractivity contribution in [2.24, 2.45) is 5.92 Å². The van der Waals surface area contributed by atoms with Gasteiger partial charge in [-0.15, -0.1) is 0 Å². The lowest BCUT2D eigenvalue weighted by molar-refractivity contribution is -0.141. The number of halogens is 1. The van der Waals surface area contributed by atoms with Gasteiger partial charge in [-0.25, -0.2) is 0 Å². The molecule has 2 aliphatic heterocycles. The normalized spacial score (nSPS) is 22.1. The van der Waals surface area contributed by atoms with Crippen molar-refractivity contribution >= 4 is 17.5 Å². The van der Waals surface area contributed by atoms with E-state index in [2.05, 4.69) is 17.9 Å². The fraction of sp³-hybridized carbons (Fsp3) is 0.611. The van der Waals surface area contributed by atoms with Crippen LogP contribution in [0.4, 0.5) is 0 Å². The first-order chi connectivity index (χ1) is 11.2. The van der Waals surface area contributed by atoms with Gasteiger partial charge in [-0.1, -0.05) is 29.8 Å². The van der Waals surface area contributed by atoms with Crippen molar-refractivity contribution in [2.75, 3.05) is 39.4 Å². The Morgan fingerprint density at radius 2 is 1.83 bits per heavy atom. The van der Waals surface area contributed by atoms with Crippen molar-refractivity contribution in [3.8, 4) is 0 Å². The van der Waals surface area contributed by atoms with Gasteiger partial charge in [0.2, 0.25) is 5.91 Å². The zero-order chi connectivity index (χ0) is 16.2. The highest BCUT2D eigenvalue weighted by Gasteiger charge is 2.31. The molecular weight excluding hydrogens is 312 g/mol. The number of morpholine rings is 1. The monoisotopic (exact) mass is 336 g/mol. The summed E-state index contributed by atoms with van der Waals surface area (Å²) in [6.07, 6.45) is 1.87. The first-order valence-corrected chi connectivity index (χ1v) is 8.89. The third-order valence-electron chi connectivity index (χ3n) is 5.10. The van der Waals surface area contributed by atoms with Gasteiger partial charge in [0.1, 0.15) is 0 Å². The largest absolute Gasteiger partial charge is 0.378 e. The van der Waals surface area contributed by atoms with Crippen molar-refractivity contribution in [1.82, 2.24) is 9.80 Å². The van der Waals surface area contributed by atoms with Crippen molar-refractivity contribution in [2.45, 2.75) is 25.8 Å². The van der Waals surface area contributed by atoms with E-state index in [1.807, 2.05) is 23.1 Å². The minimum absolute atomic E-state index is 0.169. The molecule has 2 aliphatic rings. The Kier molecular flexibility index (Phi) is 5.57. The molecule has 1 atom stereocenters. The predicted octanol–water partition coefficient (Wildman–Crippen LogP) is 2.97. The number of likely N-dealkylation sites (tertiary alicyclic amines) is 1. The van der Waals surface area contributed by atoms with E-state index in [0.29, 0.717) is 25.2 Å². The minimum Gasteiger partial charge on any atom is -0.378 e. The van der Waals surface area contributed by atoms with Crippen LogP contribution < -0.4 is 0 Å². The first-order valence-electron chi connectivity index (χ1n) is 8.52. The van der Waals surface area contributed by atoms with Crippen molar-refractivity contribution < 1.29 is 9.53 Å². The maximum absolute atomic E-state index is 12.6. The molecule has 0 aliphatic carbocycles. The molecule has 0 spiro atoms. The molecule has 0 N–H and O–H groups in total. The van der Waals surface area contributed by atoms with E-state index >= 15 is 0 Å². The molecule has 0 bridgehead atoms. The highest BCUT2D eigenvalue weighted by molar-refractivity contribution is 6.31. The molecule has 0 saturated carbocycles. The molecule has 2 heterocycles. The second kappa shape index (κ2) is 7.65. The highest BCUT2D eigenvalue weighted by atomic mass is 35.5. The van der Waals surface area contributed by atoms with Crippen LogP contribution in [-0.2, 0) is 9.53 Å². The predicted molar refractivity (Wildman–Crippen MR) is 91.6 cm³/mol. The van der Waals surface area contributed by atoms with Crippen LogP contribution in [0.3, 0.4) is 0 Å². The molecule has 1 unspecified atom stereocenters. The van der Waals surface area contributed by atoms with Gasteiger partial charge < -0.3 is 9.64 Å². The summed E-state index contributed by atoms with van der Waals surface area (Å²) >= 11 is 6.32. The van der Waals surface area contributed by atoms with Gasteiger partial charge in [-0.3, -0.25) is 9.69 Å². The van der Waals surface area contributed by atoms with Crippen LogP contribution in [0, 0.1) is 5.92 Å². The second-order valence-electron chi connectivity index (χ2n) is 6.45. The lowest BCUT2D eigenvalue weighted by Gasteiger charge is -2.38. The molecule has 0 aromatic heterocycles. The minimum atomic E-state index is 0.169. The maximum atomic E-state index is 12.6. The number of hydrogen-bond acceptors (Lipinski definition) is 3. The van der Waals surface area contributed by atoms with E-state index < -0.39 is 0 Å². The van der Waals surface area contributed by atoms with Gasteiger partial charge in [0.25, 0.3) is 0 Å². The molecule has 5 heteroatoms. The zero-order valence-corrected chi connectivity index (χ0v) is 14.5. The smallest absolute Gasteiger partial charge is 0.225 e. The van der Waals surface area contributed by atoms with Gasteiger partial charge in [0.15, 0.2) is 0 Å². The zero-order valence-electron chi connectivity index (χ0n) is 13.7. The molecule has 126 valence electrons. The quantitative estimate of drug-likeness (QED) is 0.850. The molecule has 2 saturated heterocycles. The molecule has 3 rings (SSSR count). The number of carbonyl (C=O) groups excluding carboxylic acids is 1. The summed E-state index contributed by atoms with van der Waals surface area (Å²) in [5.41, 5.74) is 1.17. The number of amides is 1. The van der Waals surface area contributed by atoms with E-state index in [-0.39, 0.29) is 5.92 Å². The van der Waals surface area contributed by atoms with E-state index in [4.69, 9.17) is 16.3 Å². The Bertz CT molecular complexity index is 538. The molecule has 1 aromatic carbocycles. The molecule has 4 nitrogen and oxygen atoms in total. The topological polar surface area (TPSA) is 32.8 Å². The van der Waals surface area contributed by atoms with Crippen LogP contribution in [0.25, 0.3) is 0 Å². The number of piperidine rings is 1. The SMILES string of the molecule is CC(c1ccccc1Cl)N1CCC(C(=O)N2CCOCC2)CC1. The third-order valence-corrected chi connectivity index (χ3v) is 5.45. The summed E-state index contributed by atoms with van der Waals surface area (Å²) in [7, 11) is 0. The summed E-state index contributed by atoms with van der Waals surface area (Å²) in [6.45, 7) is 6.94. The average Bonchev–Trinajstić information content (AvgIpc) is 2.62. The maximum Gasteiger partial charge on any atom is 0.225 e. The van der Waals surface area contributed by atoms with Crippen molar-refractivity contribution in [1.29, 1.82) is 0 Å². The van der Waals surface area contributed by atoms with Crippen LogP contribution in [0.5, 0.6) is 0 Å². The fourth-order valence-corrected chi connectivity index (χ4v) is 3.88. The lowest BCUT2D eigenvalue weighted by Crippen LogP contribution is -2.47. The van der Waals surface area contributed by atoms with Gasteiger partial charge in [-0.2, -0.15) is 0 Å². The Labute approximate surface area is 143 Å². The highest BCUT2D eigenvalue weighted by Crippen LogP contribution is 2.31. The van der Waals surface area contributed by atoms with Gasteiger partial charge >= 0.3 is 0 Å². The Morgan fingerprint density at radius 3 is 2.48 bits per heavy atom. The Hall–Kier alpha value is -1.10. The van der Waals surface area contributed by atoms with Crippen LogP contribution in [0.2, 0.25) is 5.02 Å². The number of benzene rings is 1. The Balaban J connectivity index is 1.55. The number of hydrogen-bond donors (Lipinski definition) is 0. The van der Waals surface area contributed by atoms with Gasteiger partial charge in [-0.05, 0) is 44.5 Å². The van der Waals surface area contributed by atoms with Crippen LogP contribution in [0.15, 0.2) is 24.3 Å². The van der Waals surface area contributed by atoms with E-state index in [1.54, 1.807) is 0 Å². The van der Waals surface area contributed by atoms with Gasteiger partial charge in [0.05, 0.1) is 13.2 Å². The van der Waals surface area contributed by atoms with Crippen LogP contribution in [0.1, 0.15) is 31.4 Å². The fourth-order valence-electron chi connectivity index (χ4n) is 3.59. The average molecular weight is 337 g/mol.